The highest BCUT2D eigenvalue weighted by Gasteiger charge is 2.31. The standard InChI is InChI=1S/C19H20N4O6S/c24-19-22(21-18(16-2-1-9-27-16)23(19)13-3-4-13)8-7-20-30(25,26)14-5-6-15-17(12-14)29-11-10-28-15/h1-2,5-6,9,12-13,20H,3-4,7-8,10-11H2. The molecule has 0 unspecified atom stereocenters. The minimum Gasteiger partial charge on any atom is -0.486 e. The highest BCUT2D eigenvalue weighted by atomic mass is 32.2. The summed E-state index contributed by atoms with van der Waals surface area (Å²) in [6, 6.07) is 8.05. The molecule has 1 N–H and O–H groups in total. The fourth-order valence-corrected chi connectivity index (χ4v) is 4.40. The topological polar surface area (TPSA) is 118 Å². The van der Waals surface area contributed by atoms with Crippen LogP contribution in [0.5, 0.6) is 11.5 Å². The summed E-state index contributed by atoms with van der Waals surface area (Å²) in [5, 5.41) is 4.37. The Balaban J connectivity index is 1.32. The molecule has 0 radical (unpaired) electrons. The van der Waals surface area contributed by atoms with Crippen LogP contribution in [-0.2, 0) is 16.6 Å². The van der Waals surface area contributed by atoms with Gasteiger partial charge in [-0.25, -0.2) is 22.6 Å². The van der Waals surface area contributed by atoms with E-state index in [1.165, 1.54) is 23.1 Å². The van der Waals surface area contributed by atoms with Crippen LogP contribution in [0, 0.1) is 0 Å². The summed E-state index contributed by atoms with van der Waals surface area (Å²) >= 11 is 0. The number of ether oxygens (including phenoxy) is 2. The molecule has 0 amide bonds. The molecule has 0 spiro atoms. The van der Waals surface area contributed by atoms with Crippen molar-refractivity contribution >= 4 is 10.0 Å². The van der Waals surface area contributed by atoms with Gasteiger partial charge in [0, 0.05) is 18.7 Å². The molecule has 0 saturated heterocycles. The summed E-state index contributed by atoms with van der Waals surface area (Å²) in [5.41, 5.74) is -0.276. The Bertz CT molecular complexity index is 1220. The fourth-order valence-electron chi connectivity index (χ4n) is 3.36. The van der Waals surface area contributed by atoms with Crippen LogP contribution in [0.3, 0.4) is 0 Å². The van der Waals surface area contributed by atoms with Crippen LogP contribution in [0.2, 0.25) is 0 Å². The van der Waals surface area contributed by atoms with E-state index in [-0.39, 0.29) is 29.7 Å². The number of hydrogen-bond acceptors (Lipinski definition) is 7. The minimum atomic E-state index is -3.78. The van der Waals surface area contributed by atoms with E-state index in [4.69, 9.17) is 13.9 Å². The van der Waals surface area contributed by atoms with Crippen LogP contribution in [-0.4, -0.2) is 42.5 Å². The average molecular weight is 432 g/mol. The first-order chi connectivity index (χ1) is 14.5. The van der Waals surface area contributed by atoms with Gasteiger partial charge in [0.1, 0.15) is 13.2 Å². The maximum Gasteiger partial charge on any atom is 0.346 e. The monoisotopic (exact) mass is 432 g/mol. The zero-order valence-corrected chi connectivity index (χ0v) is 16.8. The largest absolute Gasteiger partial charge is 0.486 e. The Morgan fingerprint density at radius 3 is 2.67 bits per heavy atom. The van der Waals surface area contributed by atoms with Crippen molar-refractivity contribution in [2.75, 3.05) is 19.8 Å². The van der Waals surface area contributed by atoms with E-state index in [1.54, 1.807) is 22.8 Å². The average Bonchev–Trinajstić information content (AvgIpc) is 3.32. The van der Waals surface area contributed by atoms with Gasteiger partial charge in [-0.15, -0.1) is 5.10 Å². The van der Waals surface area contributed by atoms with Crippen LogP contribution >= 0.6 is 0 Å². The summed E-state index contributed by atoms with van der Waals surface area (Å²) in [6.45, 7) is 0.903. The minimum absolute atomic E-state index is 0.00988. The second-order valence-corrected chi connectivity index (χ2v) is 8.88. The van der Waals surface area contributed by atoms with Crippen molar-refractivity contribution < 1.29 is 22.3 Å². The van der Waals surface area contributed by atoms with Crippen LogP contribution in [0.4, 0.5) is 0 Å². The maximum atomic E-state index is 12.8. The molecule has 30 heavy (non-hydrogen) atoms. The van der Waals surface area contributed by atoms with Gasteiger partial charge in [0.2, 0.25) is 15.8 Å². The summed E-state index contributed by atoms with van der Waals surface area (Å²) < 4.78 is 46.9. The van der Waals surface area contributed by atoms with Crippen LogP contribution in [0.15, 0.2) is 50.7 Å². The third kappa shape index (κ3) is 3.50. The molecular formula is C19H20N4O6S. The Hall–Kier alpha value is -3.05. The van der Waals surface area contributed by atoms with Gasteiger partial charge in [0.05, 0.1) is 17.7 Å². The van der Waals surface area contributed by atoms with Crippen LogP contribution in [0.1, 0.15) is 18.9 Å². The number of fused-ring (bicyclic) bond motifs is 1. The molecule has 0 atom stereocenters. The van der Waals surface area contributed by atoms with Crippen molar-refractivity contribution in [1.82, 2.24) is 19.1 Å². The number of hydrogen-bond donors (Lipinski definition) is 1. The van der Waals surface area contributed by atoms with E-state index in [2.05, 4.69) is 9.82 Å². The number of nitrogens with zero attached hydrogens (tertiary/aromatic N) is 3. The van der Waals surface area contributed by atoms with E-state index in [0.29, 0.717) is 36.3 Å². The number of furan rings is 1. The first-order valence-corrected chi connectivity index (χ1v) is 11.1. The molecule has 11 heteroatoms. The molecule has 158 valence electrons. The summed E-state index contributed by atoms with van der Waals surface area (Å²) in [5.74, 6) is 1.88. The number of sulfonamides is 1. The molecule has 10 nitrogen and oxygen atoms in total. The first kappa shape index (κ1) is 18.9. The number of rotatable bonds is 7. The van der Waals surface area contributed by atoms with Gasteiger partial charge in [-0.1, -0.05) is 0 Å². The van der Waals surface area contributed by atoms with Crippen LogP contribution < -0.4 is 19.9 Å². The van der Waals surface area contributed by atoms with Crippen molar-refractivity contribution in [3.8, 4) is 23.1 Å². The van der Waals surface area contributed by atoms with Gasteiger partial charge in [-0.2, -0.15) is 0 Å². The molecule has 1 fully saturated rings. The molecule has 5 rings (SSSR count). The molecule has 1 aliphatic heterocycles. The molecule has 1 saturated carbocycles. The lowest BCUT2D eigenvalue weighted by Crippen LogP contribution is -2.32. The van der Waals surface area contributed by atoms with Crippen molar-refractivity contribution in [3.63, 3.8) is 0 Å². The lowest BCUT2D eigenvalue weighted by Gasteiger charge is -2.18. The molecule has 3 aromatic rings. The molecule has 1 aromatic carbocycles. The quantitative estimate of drug-likeness (QED) is 0.599. The third-order valence-electron chi connectivity index (χ3n) is 4.96. The van der Waals surface area contributed by atoms with Gasteiger partial charge < -0.3 is 13.9 Å². The fraction of sp³-hybridized carbons (Fsp3) is 0.368. The first-order valence-electron chi connectivity index (χ1n) is 9.65. The van der Waals surface area contributed by atoms with Crippen molar-refractivity contribution in [2.24, 2.45) is 0 Å². The predicted molar refractivity (Wildman–Crippen MR) is 105 cm³/mol. The van der Waals surface area contributed by atoms with Gasteiger partial charge in [-0.05, 0) is 37.1 Å². The zero-order valence-electron chi connectivity index (χ0n) is 16.0. The molecular weight excluding hydrogens is 412 g/mol. The molecule has 3 heterocycles. The Morgan fingerprint density at radius 2 is 1.93 bits per heavy atom. The third-order valence-corrected chi connectivity index (χ3v) is 6.42. The van der Waals surface area contributed by atoms with E-state index < -0.39 is 10.0 Å². The van der Waals surface area contributed by atoms with Gasteiger partial charge >= 0.3 is 5.69 Å². The van der Waals surface area contributed by atoms with E-state index in [0.717, 1.165) is 12.8 Å². The van der Waals surface area contributed by atoms with Gasteiger partial charge in [0.25, 0.3) is 0 Å². The molecule has 2 aromatic heterocycles. The van der Waals surface area contributed by atoms with Gasteiger partial charge in [-0.3, -0.25) is 4.57 Å². The van der Waals surface area contributed by atoms with Gasteiger partial charge in [0.15, 0.2) is 17.3 Å². The van der Waals surface area contributed by atoms with E-state index in [1.807, 2.05) is 0 Å². The molecule has 1 aliphatic carbocycles. The second kappa shape index (κ2) is 7.33. The number of benzene rings is 1. The van der Waals surface area contributed by atoms with E-state index >= 15 is 0 Å². The highest BCUT2D eigenvalue weighted by Crippen LogP contribution is 2.36. The SMILES string of the molecule is O=c1n(CCNS(=O)(=O)c2ccc3c(c2)OCCO3)nc(-c2ccco2)n1C1CC1. The summed E-state index contributed by atoms with van der Waals surface area (Å²) in [6.07, 6.45) is 3.35. The second-order valence-electron chi connectivity index (χ2n) is 7.11. The summed E-state index contributed by atoms with van der Waals surface area (Å²) in [4.78, 5) is 12.8. The predicted octanol–water partition coefficient (Wildman–Crippen LogP) is 1.39. The zero-order chi connectivity index (χ0) is 20.7. The van der Waals surface area contributed by atoms with Crippen molar-refractivity contribution in [2.45, 2.75) is 30.3 Å². The Labute approximate surface area is 172 Å². The van der Waals surface area contributed by atoms with Crippen LogP contribution in [0.25, 0.3) is 11.6 Å². The normalized spacial score (nSPS) is 16.0. The summed E-state index contributed by atoms with van der Waals surface area (Å²) in [7, 11) is -3.78. The number of nitrogens with one attached hydrogen (secondary N) is 1. The van der Waals surface area contributed by atoms with Crippen molar-refractivity contribution in [3.05, 3.63) is 47.1 Å². The number of aromatic nitrogens is 3. The molecule has 0 bridgehead atoms. The Morgan fingerprint density at radius 1 is 1.13 bits per heavy atom. The smallest absolute Gasteiger partial charge is 0.346 e. The van der Waals surface area contributed by atoms with Crippen molar-refractivity contribution in [1.29, 1.82) is 0 Å². The maximum absolute atomic E-state index is 12.8. The lowest BCUT2D eigenvalue weighted by molar-refractivity contribution is 0.171. The molecule has 2 aliphatic rings. The van der Waals surface area contributed by atoms with E-state index in [9.17, 15) is 13.2 Å². The lowest BCUT2D eigenvalue weighted by atomic mass is 10.3. The Kier molecular flexibility index (Phi) is 4.63. The highest BCUT2D eigenvalue weighted by molar-refractivity contribution is 7.89.